The van der Waals surface area contributed by atoms with E-state index >= 15 is 0 Å². The Morgan fingerprint density at radius 1 is 1.48 bits per heavy atom. The van der Waals surface area contributed by atoms with Crippen molar-refractivity contribution in [1.82, 2.24) is 20.5 Å². The van der Waals surface area contributed by atoms with Crippen LogP contribution < -0.4 is 10.6 Å². The highest BCUT2D eigenvalue weighted by Gasteiger charge is 2.20. The molecule has 2 heterocycles. The summed E-state index contributed by atoms with van der Waals surface area (Å²) in [7, 11) is 0. The number of carbonyl (C=O) groups excluding carboxylic acids is 1. The number of urea groups is 1. The third kappa shape index (κ3) is 5.69. The summed E-state index contributed by atoms with van der Waals surface area (Å²) in [5.41, 5.74) is 1.08. The third-order valence-corrected chi connectivity index (χ3v) is 3.59. The number of amides is 2. The first-order chi connectivity index (χ1) is 10.1. The maximum atomic E-state index is 11.6. The maximum absolute atomic E-state index is 11.6. The minimum absolute atomic E-state index is 0.195. The van der Waals surface area contributed by atoms with Crippen molar-refractivity contribution in [3.63, 3.8) is 0 Å². The van der Waals surface area contributed by atoms with Crippen LogP contribution in [0.2, 0.25) is 0 Å². The lowest BCUT2D eigenvalue weighted by molar-refractivity contribution is 0.175. The van der Waals surface area contributed by atoms with Gasteiger partial charge in [0.2, 0.25) is 0 Å². The summed E-state index contributed by atoms with van der Waals surface area (Å²) in [6, 6.07) is 5.97. The van der Waals surface area contributed by atoms with Gasteiger partial charge in [-0.1, -0.05) is 6.07 Å². The number of carbonyl (C=O) groups is 1. The second-order valence-electron chi connectivity index (χ2n) is 5.57. The molecule has 1 aliphatic rings. The number of piperidine rings is 1. The molecule has 116 valence electrons. The topological polar surface area (TPSA) is 77.5 Å². The normalized spacial score (nSPS) is 18.2. The number of nitrogens with one attached hydrogen (secondary N) is 2. The molecule has 0 bridgehead atoms. The lowest BCUT2D eigenvalue weighted by Gasteiger charge is -2.32. The van der Waals surface area contributed by atoms with Gasteiger partial charge in [-0.2, -0.15) is 0 Å². The summed E-state index contributed by atoms with van der Waals surface area (Å²) >= 11 is 0. The van der Waals surface area contributed by atoms with Gasteiger partial charge >= 0.3 is 6.03 Å². The Hall–Kier alpha value is -1.66. The molecule has 2 amide bonds. The zero-order valence-corrected chi connectivity index (χ0v) is 12.5. The second kappa shape index (κ2) is 7.95. The first kappa shape index (κ1) is 15.7. The van der Waals surface area contributed by atoms with Crippen LogP contribution in [0.15, 0.2) is 24.4 Å². The van der Waals surface area contributed by atoms with Crippen LogP contribution in [0.3, 0.4) is 0 Å². The number of pyridine rings is 1. The summed E-state index contributed by atoms with van der Waals surface area (Å²) < 4.78 is 0. The van der Waals surface area contributed by atoms with Crippen molar-refractivity contribution in [1.29, 1.82) is 0 Å². The molecule has 1 aliphatic heterocycles. The second-order valence-corrected chi connectivity index (χ2v) is 5.57. The summed E-state index contributed by atoms with van der Waals surface area (Å²) in [6.07, 6.45) is 3.18. The van der Waals surface area contributed by atoms with E-state index in [-0.39, 0.29) is 18.6 Å². The lowest BCUT2D eigenvalue weighted by atomic mass is 10.1. The number of aliphatic hydroxyl groups is 1. The van der Waals surface area contributed by atoms with E-state index in [0.717, 1.165) is 38.2 Å². The molecule has 1 unspecified atom stereocenters. The van der Waals surface area contributed by atoms with E-state index in [1.54, 1.807) is 6.92 Å². The van der Waals surface area contributed by atoms with Crippen molar-refractivity contribution in [2.45, 2.75) is 38.5 Å². The summed E-state index contributed by atoms with van der Waals surface area (Å²) in [5, 5.41) is 14.7. The van der Waals surface area contributed by atoms with E-state index < -0.39 is 6.10 Å². The molecule has 1 saturated heterocycles. The molecule has 0 aliphatic carbocycles. The fourth-order valence-electron chi connectivity index (χ4n) is 2.43. The Balaban J connectivity index is 1.67. The van der Waals surface area contributed by atoms with Crippen LogP contribution in [0.4, 0.5) is 4.79 Å². The van der Waals surface area contributed by atoms with Crippen LogP contribution in [0.1, 0.15) is 25.5 Å². The molecule has 1 fully saturated rings. The molecule has 3 N–H and O–H groups in total. The highest BCUT2D eigenvalue weighted by molar-refractivity contribution is 5.74. The van der Waals surface area contributed by atoms with Gasteiger partial charge in [-0.15, -0.1) is 0 Å². The fourth-order valence-corrected chi connectivity index (χ4v) is 2.43. The van der Waals surface area contributed by atoms with Crippen LogP contribution in [0, 0.1) is 0 Å². The number of aliphatic hydroxyl groups excluding tert-OH is 1. The van der Waals surface area contributed by atoms with Crippen molar-refractivity contribution in [2.24, 2.45) is 0 Å². The molecule has 1 atom stereocenters. The van der Waals surface area contributed by atoms with Gasteiger partial charge in [-0.05, 0) is 31.9 Å². The SMILES string of the molecule is CC(O)CNC(=O)NC1CCN(Cc2ccccn2)CC1. The van der Waals surface area contributed by atoms with E-state index in [1.807, 2.05) is 24.4 Å². The van der Waals surface area contributed by atoms with Crippen molar-refractivity contribution in [3.05, 3.63) is 30.1 Å². The zero-order valence-electron chi connectivity index (χ0n) is 12.5. The lowest BCUT2D eigenvalue weighted by Crippen LogP contribution is -2.48. The van der Waals surface area contributed by atoms with Gasteiger partial charge in [0, 0.05) is 38.4 Å². The average Bonchev–Trinajstić information content (AvgIpc) is 2.48. The minimum Gasteiger partial charge on any atom is -0.392 e. The molecule has 0 spiro atoms. The number of rotatable bonds is 5. The van der Waals surface area contributed by atoms with Gasteiger partial charge in [0.05, 0.1) is 11.8 Å². The van der Waals surface area contributed by atoms with Crippen molar-refractivity contribution in [3.8, 4) is 0 Å². The van der Waals surface area contributed by atoms with Gasteiger partial charge in [0.15, 0.2) is 0 Å². The number of hydrogen-bond acceptors (Lipinski definition) is 4. The molecule has 2 rings (SSSR count). The maximum Gasteiger partial charge on any atom is 0.315 e. The predicted octanol–water partition coefficient (Wildman–Crippen LogP) is 0.726. The Kier molecular flexibility index (Phi) is 5.95. The van der Waals surface area contributed by atoms with Crippen LogP contribution in [0.25, 0.3) is 0 Å². The summed E-state index contributed by atoms with van der Waals surface area (Å²) in [5.74, 6) is 0. The van der Waals surface area contributed by atoms with E-state index in [0.29, 0.717) is 0 Å². The Morgan fingerprint density at radius 2 is 2.24 bits per heavy atom. The number of likely N-dealkylation sites (tertiary alicyclic amines) is 1. The number of nitrogens with zero attached hydrogens (tertiary/aromatic N) is 2. The van der Waals surface area contributed by atoms with Gasteiger partial charge in [0.1, 0.15) is 0 Å². The van der Waals surface area contributed by atoms with E-state index in [4.69, 9.17) is 5.11 Å². The van der Waals surface area contributed by atoms with Crippen LogP contribution in [0.5, 0.6) is 0 Å². The monoisotopic (exact) mass is 292 g/mol. The van der Waals surface area contributed by atoms with Crippen LogP contribution in [-0.4, -0.2) is 52.8 Å². The van der Waals surface area contributed by atoms with Crippen molar-refractivity contribution < 1.29 is 9.90 Å². The van der Waals surface area contributed by atoms with E-state index in [1.165, 1.54) is 0 Å². The molecule has 6 nitrogen and oxygen atoms in total. The summed E-state index contributed by atoms with van der Waals surface area (Å²) in [6.45, 7) is 4.71. The Morgan fingerprint density at radius 3 is 2.86 bits per heavy atom. The molecular weight excluding hydrogens is 268 g/mol. The molecule has 0 saturated carbocycles. The van der Waals surface area contributed by atoms with Gasteiger partial charge in [-0.3, -0.25) is 9.88 Å². The van der Waals surface area contributed by atoms with E-state index in [2.05, 4.69) is 20.5 Å². The fraction of sp³-hybridized carbons (Fsp3) is 0.600. The minimum atomic E-state index is -0.518. The largest absolute Gasteiger partial charge is 0.392 e. The van der Waals surface area contributed by atoms with Crippen molar-refractivity contribution >= 4 is 6.03 Å². The highest BCUT2D eigenvalue weighted by Crippen LogP contribution is 2.12. The first-order valence-electron chi connectivity index (χ1n) is 7.48. The molecule has 6 heteroatoms. The van der Waals surface area contributed by atoms with Gasteiger partial charge in [-0.25, -0.2) is 4.79 Å². The first-order valence-corrected chi connectivity index (χ1v) is 7.48. The quantitative estimate of drug-likeness (QED) is 0.747. The Labute approximate surface area is 125 Å². The molecule has 1 aromatic rings. The zero-order chi connectivity index (χ0) is 15.1. The third-order valence-electron chi connectivity index (χ3n) is 3.59. The predicted molar refractivity (Wildman–Crippen MR) is 80.8 cm³/mol. The van der Waals surface area contributed by atoms with Crippen molar-refractivity contribution in [2.75, 3.05) is 19.6 Å². The molecular formula is C15H24N4O2. The molecule has 1 aromatic heterocycles. The van der Waals surface area contributed by atoms with Crippen LogP contribution in [-0.2, 0) is 6.54 Å². The average molecular weight is 292 g/mol. The molecule has 0 radical (unpaired) electrons. The highest BCUT2D eigenvalue weighted by atomic mass is 16.3. The van der Waals surface area contributed by atoms with E-state index in [9.17, 15) is 4.79 Å². The standard InChI is InChI=1S/C15H24N4O2/c1-12(20)10-17-15(21)18-13-5-8-19(9-6-13)11-14-4-2-3-7-16-14/h2-4,7,12-13,20H,5-6,8-11H2,1H3,(H2,17,18,21). The van der Waals surface area contributed by atoms with Crippen LogP contribution >= 0.6 is 0 Å². The summed E-state index contributed by atoms with van der Waals surface area (Å²) in [4.78, 5) is 18.3. The molecule has 21 heavy (non-hydrogen) atoms. The van der Waals surface area contributed by atoms with Gasteiger partial charge in [0.25, 0.3) is 0 Å². The number of hydrogen-bond donors (Lipinski definition) is 3. The number of aromatic nitrogens is 1. The Bertz CT molecular complexity index is 431. The van der Waals surface area contributed by atoms with Gasteiger partial charge < -0.3 is 15.7 Å². The molecule has 0 aromatic carbocycles. The smallest absolute Gasteiger partial charge is 0.315 e.